The van der Waals surface area contributed by atoms with Gasteiger partial charge in [0, 0.05) is 19.3 Å². The molecule has 426 valence electrons. The third kappa shape index (κ3) is 59.0. The molecule has 0 N–H and O–H groups in total. The molecule has 0 saturated heterocycles. The molecule has 72 heavy (non-hydrogen) atoms. The first kappa shape index (κ1) is 70.1. The maximum absolute atomic E-state index is 12.8. The molecule has 0 bridgehead atoms. The largest absolute Gasteiger partial charge is 0.462 e. The van der Waals surface area contributed by atoms with Gasteiger partial charge in [-0.25, -0.2) is 0 Å². The average Bonchev–Trinajstić information content (AvgIpc) is 3.38. The van der Waals surface area contributed by atoms with Crippen LogP contribution in [0.3, 0.4) is 0 Å². The van der Waals surface area contributed by atoms with Crippen LogP contribution < -0.4 is 0 Å². The third-order valence-corrected chi connectivity index (χ3v) is 15.0. The summed E-state index contributed by atoms with van der Waals surface area (Å²) < 4.78 is 16.8. The lowest BCUT2D eigenvalue weighted by molar-refractivity contribution is -0.167. The summed E-state index contributed by atoms with van der Waals surface area (Å²) in [4.78, 5) is 38.0. The monoisotopic (exact) mass is 1010 g/mol. The van der Waals surface area contributed by atoms with Crippen molar-refractivity contribution < 1.29 is 28.6 Å². The van der Waals surface area contributed by atoms with Gasteiger partial charge in [0.15, 0.2) is 6.10 Å². The molecule has 0 aliphatic rings. The van der Waals surface area contributed by atoms with E-state index in [-0.39, 0.29) is 31.1 Å². The van der Waals surface area contributed by atoms with Gasteiger partial charge < -0.3 is 14.2 Å². The summed E-state index contributed by atoms with van der Waals surface area (Å²) in [6.07, 6.45) is 72.7. The Labute approximate surface area is 450 Å². The first-order valence-electron chi connectivity index (χ1n) is 32.7. The molecule has 0 aromatic carbocycles. The zero-order chi connectivity index (χ0) is 52.2. The van der Waals surface area contributed by atoms with Crippen molar-refractivity contribution in [2.45, 2.75) is 380 Å². The van der Waals surface area contributed by atoms with E-state index >= 15 is 0 Å². The molecule has 6 heteroatoms. The number of hydrogen-bond donors (Lipinski definition) is 0. The minimum absolute atomic E-state index is 0.0632. The van der Waals surface area contributed by atoms with E-state index in [1.165, 1.54) is 276 Å². The molecule has 1 unspecified atom stereocenters. The molecular formula is C66H126O6. The fourth-order valence-corrected chi connectivity index (χ4v) is 10.1. The maximum atomic E-state index is 12.8. The molecule has 0 heterocycles. The van der Waals surface area contributed by atoms with Crippen molar-refractivity contribution in [2.24, 2.45) is 0 Å². The maximum Gasteiger partial charge on any atom is 0.306 e. The van der Waals surface area contributed by atoms with Gasteiger partial charge in [-0.1, -0.05) is 322 Å². The van der Waals surface area contributed by atoms with Crippen molar-refractivity contribution in [1.82, 2.24) is 0 Å². The van der Waals surface area contributed by atoms with E-state index in [1.807, 2.05) is 0 Å². The van der Waals surface area contributed by atoms with Crippen LogP contribution in [0.4, 0.5) is 0 Å². The van der Waals surface area contributed by atoms with Crippen LogP contribution in [0.25, 0.3) is 0 Å². The fourth-order valence-electron chi connectivity index (χ4n) is 10.1. The Hall–Kier alpha value is -1.85. The lowest BCUT2D eigenvalue weighted by Crippen LogP contribution is -2.30. The molecule has 0 aliphatic carbocycles. The summed E-state index contributed by atoms with van der Waals surface area (Å²) in [6.45, 7) is 6.66. The number of carbonyl (C=O) groups excluding carboxylic acids is 3. The van der Waals surface area contributed by atoms with Crippen LogP contribution in [0.1, 0.15) is 374 Å². The minimum Gasteiger partial charge on any atom is -0.462 e. The quantitative estimate of drug-likeness (QED) is 0.0261. The minimum atomic E-state index is -0.761. The first-order chi connectivity index (χ1) is 35.5. The van der Waals surface area contributed by atoms with E-state index in [4.69, 9.17) is 14.2 Å². The number of hydrogen-bond acceptors (Lipinski definition) is 6. The Morgan fingerprint density at radius 1 is 0.264 bits per heavy atom. The normalized spacial score (nSPS) is 12.0. The molecule has 0 radical (unpaired) electrons. The number of rotatable bonds is 61. The standard InChI is InChI=1S/C66H126O6/c1-4-7-10-13-16-18-20-22-24-25-26-27-28-29-30-31-32-33-34-35-36-37-38-39-40-41-42-44-45-47-50-53-56-59-65(68)71-62-63(61-70-64(67)58-55-52-49-15-12-9-6-3)72-66(69)60-57-54-51-48-46-43-23-21-19-17-14-11-8-5-2/h25-26,63H,4-24,27-62H2,1-3H3/b26-25-. The molecular weight excluding hydrogens is 889 g/mol. The molecule has 1 atom stereocenters. The highest BCUT2D eigenvalue weighted by molar-refractivity contribution is 5.71. The van der Waals surface area contributed by atoms with E-state index in [1.54, 1.807) is 0 Å². The third-order valence-electron chi connectivity index (χ3n) is 15.0. The van der Waals surface area contributed by atoms with E-state index in [2.05, 4.69) is 32.9 Å². The number of esters is 3. The number of allylic oxidation sites excluding steroid dienone is 2. The van der Waals surface area contributed by atoms with Gasteiger partial charge in [0.1, 0.15) is 13.2 Å². The molecule has 0 rings (SSSR count). The van der Waals surface area contributed by atoms with Crippen LogP contribution in [0.5, 0.6) is 0 Å². The number of ether oxygens (including phenoxy) is 3. The highest BCUT2D eigenvalue weighted by Crippen LogP contribution is 2.18. The summed E-state index contributed by atoms with van der Waals surface area (Å²) in [5.41, 5.74) is 0. The molecule has 6 nitrogen and oxygen atoms in total. The van der Waals surface area contributed by atoms with E-state index < -0.39 is 6.10 Å². The van der Waals surface area contributed by atoms with E-state index in [0.717, 1.165) is 57.8 Å². The van der Waals surface area contributed by atoms with Crippen LogP contribution in [0.2, 0.25) is 0 Å². The molecule has 0 aromatic rings. The van der Waals surface area contributed by atoms with Gasteiger partial charge >= 0.3 is 17.9 Å². The van der Waals surface area contributed by atoms with Crippen molar-refractivity contribution in [3.8, 4) is 0 Å². The number of carbonyl (C=O) groups is 3. The summed E-state index contributed by atoms with van der Waals surface area (Å²) >= 11 is 0. The highest BCUT2D eigenvalue weighted by atomic mass is 16.6. The van der Waals surface area contributed by atoms with Gasteiger partial charge in [-0.15, -0.1) is 0 Å². The average molecular weight is 1020 g/mol. The fraction of sp³-hybridized carbons (Fsp3) is 0.924. The van der Waals surface area contributed by atoms with Gasteiger partial charge in [-0.3, -0.25) is 14.4 Å². The molecule has 0 amide bonds. The molecule has 0 saturated carbocycles. The van der Waals surface area contributed by atoms with Crippen molar-refractivity contribution >= 4 is 17.9 Å². The van der Waals surface area contributed by atoms with Crippen LogP contribution >= 0.6 is 0 Å². The van der Waals surface area contributed by atoms with Crippen molar-refractivity contribution in [1.29, 1.82) is 0 Å². The van der Waals surface area contributed by atoms with Gasteiger partial charge in [-0.05, 0) is 44.9 Å². The van der Waals surface area contributed by atoms with Crippen LogP contribution in [0.15, 0.2) is 12.2 Å². The second-order valence-electron chi connectivity index (χ2n) is 22.4. The Morgan fingerprint density at radius 2 is 0.458 bits per heavy atom. The highest BCUT2D eigenvalue weighted by Gasteiger charge is 2.19. The zero-order valence-electron chi connectivity index (χ0n) is 49.0. The Morgan fingerprint density at radius 3 is 0.694 bits per heavy atom. The second-order valence-corrected chi connectivity index (χ2v) is 22.4. The number of unbranched alkanes of at least 4 members (excludes halogenated alkanes) is 48. The lowest BCUT2D eigenvalue weighted by Gasteiger charge is -2.18. The van der Waals surface area contributed by atoms with Crippen molar-refractivity contribution in [3.63, 3.8) is 0 Å². The van der Waals surface area contributed by atoms with E-state index in [0.29, 0.717) is 19.3 Å². The SMILES string of the molecule is CCCCCCCCCC/C=C\CCCCCCCCCCCCCCCCCCCCCCCC(=O)OCC(COC(=O)CCCCCCCCC)OC(=O)CCCCCCCCCCCCCCCC. The smallest absolute Gasteiger partial charge is 0.306 e. The Balaban J connectivity index is 3.91. The lowest BCUT2D eigenvalue weighted by atomic mass is 10.0. The van der Waals surface area contributed by atoms with Crippen molar-refractivity contribution in [3.05, 3.63) is 12.2 Å². The molecule has 0 spiro atoms. The van der Waals surface area contributed by atoms with Gasteiger partial charge in [-0.2, -0.15) is 0 Å². The van der Waals surface area contributed by atoms with Gasteiger partial charge in [0.05, 0.1) is 0 Å². The van der Waals surface area contributed by atoms with Gasteiger partial charge in [0.25, 0.3) is 0 Å². The van der Waals surface area contributed by atoms with Crippen LogP contribution in [-0.4, -0.2) is 37.2 Å². The Kier molecular flexibility index (Phi) is 60.1. The summed E-state index contributed by atoms with van der Waals surface area (Å²) in [5, 5.41) is 0. The van der Waals surface area contributed by atoms with Crippen molar-refractivity contribution in [2.75, 3.05) is 13.2 Å². The second kappa shape index (κ2) is 61.7. The predicted octanol–water partition coefficient (Wildman–Crippen LogP) is 22.1. The topological polar surface area (TPSA) is 78.9 Å². The Bertz CT molecular complexity index is 1120. The summed E-state index contributed by atoms with van der Waals surface area (Å²) in [7, 11) is 0. The molecule has 0 fully saturated rings. The summed E-state index contributed by atoms with van der Waals surface area (Å²) in [5.74, 6) is -0.844. The zero-order valence-corrected chi connectivity index (χ0v) is 49.0. The molecule has 0 aromatic heterocycles. The van der Waals surface area contributed by atoms with E-state index in [9.17, 15) is 14.4 Å². The first-order valence-corrected chi connectivity index (χ1v) is 32.7. The summed E-state index contributed by atoms with van der Waals surface area (Å²) in [6, 6.07) is 0. The van der Waals surface area contributed by atoms with Gasteiger partial charge in [0.2, 0.25) is 0 Å². The van der Waals surface area contributed by atoms with Crippen LogP contribution in [-0.2, 0) is 28.6 Å². The predicted molar refractivity (Wildman–Crippen MR) is 312 cm³/mol. The molecule has 0 aliphatic heterocycles. The van der Waals surface area contributed by atoms with Crippen LogP contribution in [0, 0.1) is 0 Å².